The summed E-state index contributed by atoms with van der Waals surface area (Å²) in [5.74, 6) is 0.874. The van der Waals surface area contributed by atoms with Crippen molar-refractivity contribution in [2.45, 2.75) is 12.5 Å². The van der Waals surface area contributed by atoms with Gasteiger partial charge in [-0.3, -0.25) is 0 Å². The quantitative estimate of drug-likeness (QED) is 0.742. The van der Waals surface area contributed by atoms with E-state index >= 15 is 0 Å². The summed E-state index contributed by atoms with van der Waals surface area (Å²) < 4.78 is 0.589. The third-order valence-corrected chi connectivity index (χ3v) is 2.48. The highest BCUT2D eigenvalue weighted by Gasteiger charge is 2.21. The van der Waals surface area contributed by atoms with Crippen LogP contribution in [-0.2, 0) is 0 Å². The molecule has 0 spiro atoms. The molecule has 0 aromatic carbocycles. The summed E-state index contributed by atoms with van der Waals surface area (Å²) in [6.07, 6.45) is 2.31. The minimum atomic E-state index is -0.214. The summed E-state index contributed by atoms with van der Waals surface area (Å²) in [6, 6.07) is 1.85. The predicted octanol–water partition coefficient (Wildman–Crippen LogP) is 0.810. The zero-order valence-electron chi connectivity index (χ0n) is 7.02. The summed E-state index contributed by atoms with van der Waals surface area (Å²) in [5.41, 5.74) is 0. The van der Waals surface area contributed by atoms with Crippen LogP contribution in [0.15, 0.2) is 17.0 Å². The van der Waals surface area contributed by atoms with E-state index < -0.39 is 0 Å². The number of hydrogen-bond donors (Lipinski definition) is 1. The Hall–Kier alpha value is -0.680. The van der Waals surface area contributed by atoms with E-state index in [-0.39, 0.29) is 6.10 Å². The molecule has 1 N–H and O–H groups in total. The number of hydrogen-bond acceptors (Lipinski definition) is 4. The number of β-amino-alcohol motifs (C(OH)–C–C–N with tert-alkyl or cyclic N) is 1. The average molecular weight is 244 g/mol. The van der Waals surface area contributed by atoms with Crippen LogP contribution in [0.2, 0.25) is 0 Å². The monoisotopic (exact) mass is 243 g/mol. The van der Waals surface area contributed by atoms with Gasteiger partial charge in [0.05, 0.1) is 6.10 Å². The third-order valence-electron chi connectivity index (χ3n) is 2.10. The van der Waals surface area contributed by atoms with Gasteiger partial charge in [-0.2, -0.15) is 0 Å². The zero-order chi connectivity index (χ0) is 9.26. The lowest BCUT2D eigenvalue weighted by atomic mass is 10.3. The second kappa shape index (κ2) is 3.59. The first-order valence-electron chi connectivity index (χ1n) is 4.17. The van der Waals surface area contributed by atoms with Crippen LogP contribution >= 0.6 is 15.9 Å². The smallest absolute Gasteiger partial charge is 0.198 e. The van der Waals surface area contributed by atoms with Gasteiger partial charge in [-0.05, 0) is 28.4 Å². The van der Waals surface area contributed by atoms with Gasteiger partial charge in [-0.1, -0.05) is 0 Å². The number of nitrogens with zero attached hydrogens (tertiary/aromatic N) is 3. The van der Waals surface area contributed by atoms with Gasteiger partial charge < -0.3 is 10.0 Å². The number of halogens is 1. The van der Waals surface area contributed by atoms with Crippen molar-refractivity contribution in [2.24, 2.45) is 0 Å². The van der Waals surface area contributed by atoms with Gasteiger partial charge in [0.1, 0.15) is 5.82 Å². The lowest BCUT2D eigenvalue weighted by Gasteiger charge is -2.15. The molecule has 2 rings (SSSR count). The molecule has 1 fully saturated rings. The van der Waals surface area contributed by atoms with E-state index in [9.17, 15) is 5.11 Å². The van der Waals surface area contributed by atoms with Gasteiger partial charge >= 0.3 is 0 Å². The fraction of sp³-hybridized carbons (Fsp3) is 0.500. The lowest BCUT2D eigenvalue weighted by Crippen LogP contribution is -2.22. The van der Waals surface area contributed by atoms with Crippen molar-refractivity contribution in [3.63, 3.8) is 0 Å². The molecular weight excluding hydrogens is 234 g/mol. The van der Waals surface area contributed by atoms with Crippen molar-refractivity contribution in [1.82, 2.24) is 9.97 Å². The topological polar surface area (TPSA) is 49.2 Å². The van der Waals surface area contributed by atoms with Crippen molar-refractivity contribution in [3.8, 4) is 0 Å². The standard InChI is InChI=1S/C8H10BrN3O/c9-8-10-3-1-7(11-8)12-4-2-6(13)5-12/h1,3,6,13H,2,4-5H2. The van der Waals surface area contributed by atoms with Crippen molar-refractivity contribution in [3.05, 3.63) is 17.0 Å². The molecule has 0 aliphatic carbocycles. The van der Waals surface area contributed by atoms with E-state index in [0.717, 1.165) is 18.8 Å². The molecule has 0 radical (unpaired) electrons. The first-order valence-corrected chi connectivity index (χ1v) is 4.96. The average Bonchev–Trinajstić information content (AvgIpc) is 2.52. The third kappa shape index (κ3) is 1.97. The maximum atomic E-state index is 9.33. The van der Waals surface area contributed by atoms with Gasteiger partial charge in [-0.15, -0.1) is 0 Å². The lowest BCUT2D eigenvalue weighted by molar-refractivity contribution is 0.198. The van der Waals surface area contributed by atoms with E-state index in [4.69, 9.17) is 0 Å². The molecular formula is C8H10BrN3O. The molecule has 1 aromatic rings. The Kier molecular flexibility index (Phi) is 2.46. The second-order valence-corrected chi connectivity index (χ2v) is 3.78. The van der Waals surface area contributed by atoms with Crippen molar-refractivity contribution >= 4 is 21.7 Å². The molecule has 1 atom stereocenters. The Morgan fingerprint density at radius 3 is 3.08 bits per heavy atom. The molecule has 1 aromatic heterocycles. The van der Waals surface area contributed by atoms with Crippen LogP contribution in [-0.4, -0.2) is 34.3 Å². The van der Waals surface area contributed by atoms with E-state index in [2.05, 4.69) is 30.8 Å². The molecule has 1 aliphatic rings. The van der Waals surface area contributed by atoms with E-state index in [1.54, 1.807) is 6.20 Å². The SMILES string of the molecule is OC1CCN(c2ccnc(Br)n2)C1. The van der Waals surface area contributed by atoms with Crippen LogP contribution < -0.4 is 4.90 Å². The minimum Gasteiger partial charge on any atom is -0.391 e. The number of rotatable bonds is 1. The van der Waals surface area contributed by atoms with Gasteiger partial charge in [0.25, 0.3) is 0 Å². The maximum Gasteiger partial charge on any atom is 0.198 e. The molecule has 0 saturated carbocycles. The predicted molar refractivity (Wildman–Crippen MR) is 52.6 cm³/mol. The Labute approximate surface area is 84.7 Å². The van der Waals surface area contributed by atoms with Gasteiger partial charge in [0.15, 0.2) is 4.73 Å². The highest BCUT2D eigenvalue weighted by molar-refractivity contribution is 9.10. The van der Waals surface area contributed by atoms with Crippen molar-refractivity contribution < 1.29 is 5.11 Å². The summed E-state index contributed by atoms with van der Waals surface area (Å²) in [4.78, 5) is 10.2. The largest absolute Gasteiger partial charge is 0.391 e. The Morgan fingerprint density at radius 2 is 2.46 bits per heavy atom. The van der Waals surface area contributed by atoms with Gasteiger partial charge in [0, 0.05) is 19.3 Å². The first-order chi connectivity index (χ1) is 6.25. The van der Waals surface area contributed by atoms with Crippen LogP contribution in [0.5, 0.6) is 0 Å². The molecule has 1 unspecified atom stereocenters. The molecule has 70 valence electrons. The Morgan fingerprint density at radius 1 is 1.62 bits per heavy atom. The highest BCUT2D eigenvalue weighted by atomic mass is 79.9. The van der Waals surface area contributed by atoms with Crippen LogP contribution in [0.3, 0.4) is 0 Å². The molecule has 2 heterocycles. The summed E-state index contributed by atoms with van der Waals surface area (Å²) >= 11 is 3.21. The molecule has 1 aliphatic heterocycles. The number of aliphatic hydroxyl groups excluding tert-OH is 1. The van der Waals surface area contributed by atoms with Crippen LogP contribution in [0, 0.1) is 0 Å². The zero-order valence-corrected chi connectivity index (χ0v) is 8.61. The number of aliphatic hydroxyl groups is 1. The number of anilines is 1. The van der Waals surface area contributed by atoms with E-state index in [1.165, 1.54) is 0 Å². The molecule has 4 nitrogen and oxygen atoms in total. The van der Waals surface area contributed by atoms with Crippen LogP contribution in [0.1, 0.15) is 6.42 Å². The molecule has 13 heavy (non-hydrogen) atoms. The van der Waals surface area contributed by atoms with Gasteiger partial charge in [-0.25, -0.2) is 9.97 Å². The summed E-state index contributed by atoms with van der Waals surface area (Å²) in [5, 5.41) is 9.33. The maximum absolute atomic E-state index is 9.33. The molecule has 1 saturated heterocycles. The van der Waals surface area contributed by atoms with Crippen LogP contribution in [0.4, 0.5) is 5.82 Å². The second-order valence-electron chi connectivity index (χ2n) is 3.07. The fourth-order valence-corrected chi connectivity index (χ4v) is 1.75. The Bertz CT molecular complexity index is 307. The minimum absolute atomic E-state index is 0.214. The van der Waals surface area contributed by atoms with E-state index in [0.29, 0.717) is 11.3 Å². The summed E-state index contributed by atoms with van der Waals surface area (Å²) in [6.45, 7) is 1.54. The molecule has 0 amide bonds. The first kappa shape index (κ1) is 8.90. The number of aromatic nitrogens is 2. The molecule has 0 bridgehead atoms. The van der Waals surface area contributed by atoms with Gasteiger partial charge in [0.2, 0.25) is 0 Å². The molecule has 5 heteroatoms. The van der Waals surface area contributed by atoms with Crippen molar-refractivity contribution in [2.75, 3.05) is 18.0 Å². The normalized spacial score (nSPS) is 22.3. The van der Waals surface area contributed by atoms with Crippen LogP contribution in [0.25, 0.3) is 0 Å². The summed E-state index contributed by atoms with van der Waals surface area (Å²) in [7, 11) is 0. The van der Waals surface area contributed by atoms with E-state index in [1.807, 2.05) is 6.07 Å². The highest BCUT2D eigenvalue weighted by Crippen LogP contribution is 2.18. The van der Waals surface area contributed by atoms with Crippen molar-refractivity contribution in [1.29, 1.82) is 0 Å². The Balaban J connectivity index is 2.16. The fourth-order valence-electron chi connectivity index (χ4n) is 1.45.